The number of carbonyl (C=O) groups is 3. The van der Waals surface area contributed by atoms with Crippen molar-refractivity contribution in [2.24, 2.45) is 11.8 Å². The maximum Gasteiger partial charge on any atom is 0.328 e. The summed E-state index contributed by atoms with van der Waals surface area (Å²) in [6, 6.07) is -0.566. The van der Waals surface area contributed by atoms with Gasteiger partial charge in [0.1, 0.15) is 6.04 Å². The van der Waals surface area contributed by atoms with Crippen LogP contribution in [-0.4, -0.2) is 41.8 Å². The molecule has 0 unspecified atom stereocenters. The molecule has 2 aliphatic carbocycles. The van der Waals surface area contributed by atoms with E-state index in [1.807, 2.05) is 0 Å². The molecule has 5 heteroatoms. The van der Waals surface area contributed by atoms with Crippen molar-refractivity contribution < 1.29 is 19.1 Å². The van der Waals surface area contributed by atoms with Gasteiger partial charge in [-0.25, -0.2) is 4.79 Å². The molecule has 0 spiro atoms. The van der Waals surface area contributed by atoms with Crippen molar-refractivity contribution in [1.29, 1.82) is 0 Å². The standard InChI is InChI=1S/C23H37NO4/c25-21(19-13-5-2-6-14-19)22(26)24-16-8-7-15-20(24)23(27)28-17-9-12-18-10-3-1-4-11-18/h18-20H,1-17H2/t20-/m0/s1. The Labute approximate surface area is 169 Å². The molecule has 1 saturated heterocycles. The van der Waals surface area contributed by atoms with E-state index < -0.39 is 11.9 Å². The van der Waals surface area contributed by atoms with Crippen molar-refractivity contribution in [3.05, 3.63) is 0 Å². The second-order valence-electron chi connectivity index (χ2n) is 9.02. The number of carbonyl (C=O) groups excluding carboxylic acids is 3. The van der Waals surface area contributed by atoms with Crippen molar-refractivity contribution in [3.8, 4) is 0 Å². The van der Waals surface area contributed by atoms with Crippen molar-refractivity contribution in [3.63, 3.8) is 0 Å². The minimum Gasteiger partial charge on any atom is -0.464 e. The average Bonchev–Trinajstić information content (AvgIpc) is 2.77. The van der Waals surface area contributed by atoms with Gasteiger partial charge in [-0.05, 0) is 50.9 Å². The molecule has 1 aliphatic heterocycles. The fraction of sp³-hybridized carbons (Fsp3) is 0.870. The monoisotopic (exact) mass is 391 g/mol. The Bertz CT molecular complexity index is 535. The molecule has 0 bridgehead atoms. The zero-order valence-electron chi connectivity index (χ0n) is 17.3. The van der Waals surface area contributed by atoms with E-state index in [9.17, 15) is 14.4 Å². The maximum atomic E-state index is 12.8. The Hall–Kier alpha value is -1.39. The summed E-state index contributed by atoms with van der Waals surface area (Å²) in [5.74, 6) is -0.399. The number of esters is 1. The van der Waals surface area contributed by atoms with Crippen molar-refractivity contribution in [1.82, 2.24) is 4.90 Å². The summed E-state index contributed by atoms with van der Waals surface area (Å²) in [6.45, 7) is 0.934. The van der Waals surface area contributed by atoms with Gasteiger partial charge in [0.25, 0.3) is 5.91 Å². The Morgan fingerprint density at radius 3 is 2.14 bits per heavy atom. The van der Waals surface area contributed by atoms with E-state index in [0.717, 1.165) is 63.7 Å². The number of ether oxygens (including phenoxy) is 1. The third kappa shape index (κ3) is 5.81. The van der Waals surface area contributed by atoms with E-state index in [1.165, 1.54) is 37.0 Å². The van der Waals surface area contributed by atoms with Gasteiger partial charge in [-0.15, -0.1) is 0 Å². The van der Waals surface area contributed by atoms with Crippen LogP contribution in [0.2, 0.25) is 0 Å². The fourth-order valence-corrected chi connectivity index (χ4v) is 5.22. The van der Waals surface area contributed by atoms with Crippen LogP contribution in [0, 0.1) is 11.8 Å². The zero-order chi connectivity index (χ0) is 19.8. The summed E-state index contributed by atoms with van der Waals surface area (Å²) < 4.78 is 5.53. The average molecular weight is 392 g/mol. The number of likely N-dealkylation sites (tertiary alicyclic amines) is 1. The predicted molar refractivity (Wildman–Crippen MR) is 108 cm³/mol. The van der Waals surface area contributed by atoms with Crippen LogP contribution in [0.4, 0.5) is 0 Å². The number of hydrogen-bond donors (Lipinski definition) is 0. The first-order chi connectivity index (χ1) is 13.7. The molecule has 3 rings (SSSR count). The summed E-state index contributed by atoms with van der Waals surface area (Å²) in [6.07, 6.45) is 15.9. The first kappa shape index (κ1) is 21.3. The Morgan fingerprint density at radius 1 is 0.786 bits per heavy atom. The van der Waals surface area contributed by atoms with Gasteiger partial charge < -0.3 is 9.64 Å². The van der Waals surface area contributed by atoms with Gasteiger partial charge in [-0.2, -0.15) is 0 Å². The lowest BCUT2D eigenvalue weighted by molar-refractivity contribution is -0.160. The van der Waals surface area contributed by atoms with Gasteiger partial charge >= 0.3 is 5.97 Å². The van der Waals surface area contributed by atoms with Gasteiger partial charge in [0, 0.05) is 12.5 Å². The topological polar surface area (TPSA) is 63.7 Å². The zero-order valence-corrected chi connectivity index (χ0v) is 17.3. The highest BCUT2D eigenvalue weighted by Gasteiger charge is 2.38. The van der Waals surface area contributed by atoms with Crippen LogP contribution in [0.15, 0.2) is 0 Å². The molecule has 5 nitrogen and oxygen atoms in total. The van der Waals surface area contributed by atoms with Crippen molar-refractivity contribution >= 4 is 17.7 Å². The molecule has 1 heterocycles. The van der Waals surface area contributed by atoms with Crippen LogP contribution in [0.1, 0.15) is 96.3 Å². The summed E-state index contributed by atoms with van der Waals surface area (Å²) in [7, 11) is 0. The molecule has 3 fully saturated rings. The van der Waals surface area contributed by atoms with E-state index >= 15 is 0 Å². The van der Waals surface area contributed by atoms with Crippen LogP contribution in [0.3, 0.4) is 0 Å². The summed E-state index contributed by atoms with van der Waals surface area (Å²) >= 11 is 0. The quantitative estimate of drug-likeness (QED) is 0.366. The molecule has 0 N–H and O–H groups in total. The minimum atomic E-state index is -0.566. The van der Waals surface area contributed by atoms with E-state index in [2.05, 4.69) is 0 Å². The lowest BCUT2D eigenvalue weighted by Gasteiger charge is -2.34. The smallest absolute Gasteiger partial charge is 0.328 e. The van der Waals surface area contributed by atoms with Gasteiger partial charge in [-0.3, -0.25) is 9.59 Å². The van der Waals surface area contributed by atoms with E-state index in [0.29, 0.717) is 19.6 Å². The second kappa shape index (κ2) is 11.0. The van der Waals surface area contributed by atoms with Gasteiger partial charge in [-0.1, -0.05) is 51.4 Å². The van der Waals surface area contributed by atoms with Gasteiger partial charge in [0.05, 0.1) is 6.61 Å². The highest BCUT2D eigenvalue weighted by Crippen LogP contribution is 2.28. The molecule has 2 saturated carbocycles. The molecule has 1 atom stereocenters. The second-order valence-corrected chi connectivity index (χ2v) is 9.02. The molecule has 1 amide bonds. The minimum absolute atomic E-state index is 0.143. The maximum absolute atomic E-state index is 12.8. The number of hydrogen-bond acceptors (Lipinski definition) is 4. The van der Waals surface area contributed by atoms with E-state index in [4.69, 9.17) is 4.74 Å². The Kier molecular flexibility index (Phi) is 8.35. The fourth-order valence-electron chi connectivity index (χ4n) is 5.22. The Morgan fingerprint density at radius 2 is 1.43 bits per heavy atom. The predicted octanol–water partition coefficient (Wildman–Crippen LogP) is 4.42. The molecular weight excluding hydrogens is 354 g/mol. The highest BCUT2D eigenvalue weighted by atomic mass is 16.5. The molecule has 0 aromatic heterocycles. The SMILES string of the molecule is O=C(C(=O)N1CCCC[C@H]1C(=O)OCCCC1CCCCC1)C1CCCCC1. The first-order valence-corrected chi connectivity index (χ1v) is 11.7. The van der Waals surface area contributed by atoms with Crippen LogP contribution in [0.5, 0.6) is 0 Å². The lowest BCUT2D eigenvalue weighted by atomic mass is 9.85. The van der Waals surface area contributed by atoms with Crippen LogP contribution in [0.25, 0.3) is 0 Å². The van der Waals surface area contributed by atoms with Gasteiger partial charge in [0.15, 0.2) is 0 Å². The summed E-state index contributed by atoms with van der Waals surface area (Å²) in [4.78, 5) is 39.6. The third-order valence-electron chi connectivity index (χ3n) is 6.95. The number of amides is 1. The summed E-state index contributed by atoms with van der Waals surface area (Å²) in [5, 5.41) is 0. The van der Waals surface area contributed by atoms with Crippen LogP contribution in [-0.2, 0) is 19.1 Å². The molecule has 0 aromatic carbocycles. The molecule has 158 valence electrons. The van der Waals surface area contributed by atoms with Crippen molar-refractivity contribution in [2.75, 3.05) is 13.2 Å². The van der Waals surface area contributed by atoms with Crippen LogP contribution < -0.4 is 0 Å². The van der Waals surface area contributed by atoms with Gasteiger partial charge in [0.2, 0.25) is 5.78 Å². The normalized spacial score (nSPS) is 24.7. The lowest BCUT2D eigenvalue weighted by Crippen LogP contribution is -2.52. The molecule has 28 heavy (non-hydrogen) atoms. The Balaban J connectivity index is 1.46. The largest absolute Gasteiger partial charge is 0.464 e. The van der Waals surface area contributed by atoms with E-state index in [1.54, 1.807) is 0 Å². The number of Topliss-reactive ketones (excluding diaryl/α,β-unsaturated/α-hetero) is 1. The van der Waals surface area contributed by atoms with Crippen LogP contribution >= 0.6 is 0 Å². The molecule has 3 aliphatic rings. The number of piperidine rings is 1. The molecule has 0 radical (unpaired) electrons. The number of rotatable bonds is 7. The van der Waals surface area contributed by atoms with E-state index in [-0.39, 0.29) is 17.7 Å². The number of nitrogens with zero attached hydrogens (tertiary/aromatic N) is 1. The molecule has 0 aromatic rings. The van der Waals surface area contributed by atoms with Crippen molar-refractivity contribution in [2.45, 2.75) is 102 Å². The number of ketones is 1. The summed E-state index contributed by atoms with van der Waals surface area (Å²) in [5.41, 5.74) is 0. The molecular formula is C23H37NO4. The highest BCUT2D eigenvalue weighted by molar-refractivity contribution is 6.37. The first-order valence-electron chi connectivity index (χ1n) is 11.7. The third-order valence-corrected chi connectivity index (χ3v) is 6.95.